The van der Waals surface area contributed by atoms with Crippen LogP contribution in [0.3, 0.4) is 0 Å². The first-order valence-electron chi connectivity index (χ1n) is 4.43. The van der Waals surface area contributed by atoms with E-state index in [0.29, 0.717) is 0 Å². The molecule has 2 heteroatoms. The predicted octanol–water partition coefficient (Wildman–Crippen LogP) is 2.89. The summed E-state index contributed by atoms with van der Waals surface area (Å²) >= 11 is 3.42. The molecule has 0 heterocycles. The van der Waals surface area contributed by atoms with Gasteiger partial charge in [-0.3, -0.25) is 0 Å². The normalized spacial score (nSPS) is 19.9. The third-order valence-electron chi connectivity index (χ3n) is 2.20. The van der Waals surface area contributed by atoms with Gasteiger partial charge in [-0.25, -0.2) is 0 Å². The molecular weight excluding hydrogens is 240 g/mol. The molecule has 1 atom stereocenters. The minimum absolute atomic E-state index is 0.541. The Kier molecular flexibility index (Phi) is 3.24. The molecule has 1 aromatic rings. The van der Waals surface area contributed by atoms with Crippen LogP contribution in [0.2, 0.25) is 0 Å². The van der Waals surface area contributed by atoms with E-state index in [1.54, 1.807) is 0 Å². The number of aliphatic hydroxyl groups is 1. The molecule has 0 spiro atoms. The van der Waals surface area contributed by atoms with E-state index in [9.17, 15) is 5.11 Å². The fourth-order valence-corrected chi connectivity index (χ4v) is 1.95. The van der Waals surface area contributed by atoms with Crippen LogP contribution in [-0.2, 0) is 0 Å². The highest BCUT2D eigenvalue weighted by molar-refractivity contribution is 9.10. The number of hydrogen-bond donors (Lipinski definition) is 1. The Labute approximate surface area is 93.3 Å². The minimum Gasteiger partial charge on any atom is -0.388 e. The van der Waals surface area contributed by atoms with Gasteiger partial charge in [-0.2, -0.15) is 0 Å². The molecule has 5 radical (unpaired) electrons. The molecule has 0 aliphatic heterocycles. The quantitative estimate of drug-likeness (QED) is 0.855. The Bertz CT molecular complexity index is 305. The number of benzene rings is 1. The lowest BCUT2D eigenvalue weighted by Crippen LogP contribution is -2.08. The van der Waals surface area contributed by atoms with Gasteiger partial charge in [0.2, 0.25) is 0 Å². The van der Waals surface area contributed by atoms with Gasteiger partial charge in [-0.1, -0.05) is 34.1 Å². The van der Waals surface area contributed by atoms with Crippen LogP contribution in [0.1, 0.15) is 11.7 Å². The van der Waals surface area contributed by atoms with Gasteiger partial charge in [0, 0.05) is 10.4 Å². The van der Waals surface area contributed by atoms with Gasteiger partial charge in [-0.15, -0.1) is 0 Å². The third kappa shape index (κ3) is 2.01. The van der Waals surface area contributed by atoms with E-state index in [1.165, 1.54) is 0 Å². The largest absolute Gasteiger partial charge is 0.388 e. The molecule has 0 bridgehead atoms. The van der Waals surface area contributed by atoms with E-state index in [0.717, 1.165) is 16.0 Å². The Morgan fingerprint density at radius 2 is 1.71 bits per heavy atom. The molecule has 1 fully saturated rings. The van der Waals surface area contributed by atoms with E-state index >= 15 is 0 Å². The Balaban J connectivity index is 2.17. The van der Waals surface area contributed by atoms with Crippen molar-refractivity contribution in [3.63, 3.8) is 0 Å². The van der Waals surface area contributed by atoms with E-state index in [2.05, 4.69) is 15.9 Å². The first kappa shape index (κ1) is 10.2. The molecule has 0 aromatic heterocycles. The van der Waals surface area contributed by atoms with E-state index in [-0.39, 0.29) is 0 Å². The summed E-state index contributed by atoms with van der Waals surface area (Å²) < 4.78 is 0.939. The summed E-state index contributed by atoms with van der Waals surface area (Å²) in [5, 5.41) is 10.0. The summed E-state index contributed by atoms with van der Waals surface area (Å²) in [5.41, 5.74) is 0.902. The molecule has 2 rings (SSSR count). The maximum Gasteiger partial charge on any atom is 0.0869 e. The molecule has 0 amide bonds. The summed E-state index contributed by atoms with van der Waals surface area (Å²) in [4.78, 5) is 0. The first-order valence-corrected chi connectivity index (χ1v) is 5.22. The molecule has 1 aliphatic rings. The highest BCUT2D eigenvalue weighted by Gasteiger charge is 2.26. The summed E-state index contributed by atoms with van der Waals surface area (Å²) in [7, 11) is 0. The maximum absolute atomic E-state index is 10.0. The molecular formula is C12H10BrO. The summed E-state index contributed by atoms with van der Waals surface area (Å²) in [6, 6.07) is 7.71. The standard InChI is InChI=1S/C12H10BrO/c13-11-8-4-3-7-10(11)12(14)9-5-1-2-6-9/h1-8,12,14H/t12-/m0/s1. The van der Waals surface area contributed by atoms with E-state index in [4.69, 9.17) is 0 Å². The number of rotatable bonds is 2. The van der Waals surface area contributed by atoms with Crippen molar-refractivity contribution in [2.45, 2.75) is 6.10 Å². The average Bonchev–Trinajstić information content (AvgIpc) is 2.70. The smallest absolute Gasteiger partial charge is 0.0869 e. The lowest BCUT2D eigenvalue weighted by Gasteiger charge is -2.18. The van der Waals surface area contributed by atoms with Gasteiger partial charge in [0.05, 0.1) is 6.10 Å². The second-order valence-electron chi connectivity index (χ2n) is 3.14. The minimum atomic E-state index is -0.541. The second-order valence-corrected chi connectivity index (χ2v) is 4.00. The van der Waals surface area contributed by atoms with Crippen molar-refractivity contribution in [1.82, 2.24) is 0 Å². The van der Waals surface area contributed by atoms with Crippen LogP contribution in [0, 0.1) is 31.6 Å². The zero-order valence-corrected chi connectivity index (χ0v) is 9.11. The SMILES string of the molecule is O[C@@H]([C]1[CH][CH][CH][CH]1)c1ccccc1Br. The van der Waals surface area contributed by atoms with Crippen LogP contribution >= 0.6 is 15.9 Å². The van der Waals surface area contributed by atoms with Gasteiger partial charge in [-0.05, 0) is 37.3 Å². The van der Waals surface area contributed by atoms with Crippen molar-refractivity contribution in [2.24, 2.45) is 0 Å². The molecule has 71 valence electrons. The van der Waals surface area contributed by atoms with Crippen LogP contribution in [0.4, 0.5) is 0 Å². The van der Waals surface area contributed by atoms with Crippen LogP contribution in [0.15, 0.2) is 28.7 Å². The lowest BCUT2D eigenvalue weighted by molar-refractivity contribution is 0.199. The van der Waals surface area contributed by atoms with Gasteiger partial charge in [0.15, 0.2) is 0 Å². The Morgan fingerprint density at radius 1 is 1.07 bits per heavy atom. The van der Waals surface area contributed by atoms with Crippen LogP contribution in [0.25, 0.3) is 0 Å². The van der Waals surface area contributed by atoms with E-state index < -0.39 is 6.10 Å². The van der Waals surface area contributed by atoms with Crippen LogP contribution < -0.4 is 0 Å². The summed E-state index contributed by atoms with van der Waals surface area (Å²) in [5.74, 6) is 0.928. The monoisotopic (exact) mass is 249 g/mol. The predicted molar refractivity (Wildman–Crippen MR) is 59.5 cm³/mol. The van der Waals surface area contributed by atoms with Gasteiger partial charge < -0.3 is 5.11 Å². The summed E-state index contributed by atoms with van der Waals surface area (Å²) in [6.07, 6.45) is 7.15. The van der Waals surface area contributed by atoms with Gasteiger partial charge >= 0.3 is 0 Å². The summed E-state index contributed by atoms with van der Waals surface area (Å²) in [6.45, 7) is 0. The molecule has 1 N–H and O–H groups in total. The van der Waals surface area contributed by atoms with Crippen molar-refractivity contribution in [2.75, 3.05) is 0 Å². The number of halogens is 1. The zero-order chi connectivity index (χ0) is 9.97. The van der Waals surface area contributed by atoms with Crippen molar-refractivity contribution in [3.8, 4) is 0 Å². The molecule has 1 nitrogen and oxygen atoms in total. The fraction of sp³-hybridized carbons (Fsp3) is 0.0833. The Hall–Kier alpha value is -0.340. The fourth-order valence-electron chi connectivity index (χ4n) is 1.45. The van der Waals surface area contributed by atoms with Gasteiger partial charge in [0.1, 0.15) is 0 Å². The molecule has 0 saturated heterocycles. The Morgan fingerprint density at radius 3 is 2.36 bits per heavy atom. The van der Waals surface area contributed by atoms with Crippen molar-refractivity contribution < 1.29 is 5.11 Å². The van der Waals surface area contributed by atoms with Crippen molar-refractivity contribution in [1.29, 1.82) is 0 Å². The van der Waals surface area contributed by atoms with Crippen LogP contribution in [0.5, 0.6) is 0 Å². The lowest BCUT2D eigenvalue weighted by atomic mass is 9.94. The maximum atomic E-state index is 10.0. The average molecular weight is 250 g/mol. The molecule has 14 heavy (non-hydrogen) atoms. The topological polar surface area (TPSA) is 20.2 Å². The van der Waals surface area contributed by atoms with Crippen molar-refractivity contribution in [3.05, 3.63) is 65.9 Å². The number of hydrogen-bond acceptors (Lipinski definition) is 1. The highest BCUT2D eigenvalue weighted by Crippen LogP contribution is 2.37. The first-order chi connectivity index (χ1) is 6.79. The number of aliphatic hydroxyl groups excluding tert-OH is 1. The molecule has 0 unspecified atom stereocenters. The van der Waals surface area contributed by atoms with Gasteiger partial charge in [0.25, 0.3) is 0 Å². The van der Waals surface area contributed by atoms with Crippen LogP contribution in [-0.4, -0.2) is 5.11 Å². The third-order valence-corrected chi connectivity index (χ3v) is 2.93. The second kappa shape index (κ2) is 4.45. The molecule has 1 aliphatic carbocycles. The molecule has 1 aromatic carbocycles. The van der Waals surface area contributed by atoms with Crippen molar-refractivity contribution >= 4 is 15.9 Å². The van der Waals surface area contributed by atoms with E-state index in [1.807, 2.05) is 49.9 Å². The molecule has 1 saturated carbocycles. The highest BCUT2D eigenvalue weighted by atomic mass is 79.9. The zero-order valence-electron chi connectivity index (χ0n) is 7.52.